The number of nitrogens with zero attached hydrogens (tertiary/aromatic N) is 1. The van der Waals surface area contributed by atoms with Gasteiger partial charge in [-0.1, -0.05) is 238 Å². The van der Waals surface area contributed by atoms with Crippen LogP contribution in [0.15, 0.2) is 30.3 Å². The van der Waals surface area contributed by atoms with Crippen molar-refractivity contribution in [3.05, 3.63) is 30.3 Å². The van der Waals surface area contributed by atoms with E-state index in [0.717, 1.165) is 12.0 Å². The van der Waals surface area contributed by atoms with Gasteiger partial charge in [0.05, 0.1) is 0 Å². The summed E-state index contributed by atoms with van der Waals surface area (Å²) in [4.78, 5) is 2.83. The molecular formula is C47H87N. The van der Waals surface area contributed by atoms with Gasteiger partial charge in [-0.3, -0.25) is 0 Å². The van der Waals surface area contributed by atoms with E-state index < -0.39 is 0 Å². The molecule has 1 heteroatoms. The number of anilines is 1. The van der Waals surface area contributed by atoms with Crippen LogP contribution in [-0.4, -0.2) is 12.6 Å². The second-order valence-corrected chi connectivity index (χ2v) is 16.2. The Kier molecular flexibility index (Phi) is 29.9. The van der Waals surface area contributed by atoms with Crippen molar-refractivity contribution < 1.29 is 0 Å². The predicted molar refractivity (Wildman–Crippen MR) is 219 cm³/mol. The van der Waals surface area contributed by atoms with Crippen molar-refractivity contribution in [3.8, 4) is 0 Å². The van der Waals surface area contributed by atoms with Crippen molar-refractivity contribution in [1.82, 2.24) is 0 Å². The first-order valence-electron chi connectivity index (χ1n) is 22.7. The molecule has 2 atom stereocenters. The summed E-state index contributed by atoms with van der Waals surface area (Å²) in [5, 5.41) is 0. The quantitative estimate of drug-likeness (QED) is 0.0652. The fraction of sp³-hybridized carbons (Fsp3) is 0.872. The summed E-state index contributed by atoms with van der Waals surface area (Å²) in [5.74, 6) is 0.905. The molecule has 1 nitrogen and oxygen atoms in total. The van der Waals surface area contributed by atoms with Crippen LogP contribution in [0.1, 0.15) is 245 Å². The zero-order chi connectivity index (χ0) is 34.0. The minimum atomic E-state index is 0.768. The molecule has 1 aliphatic heterocycles. The average molecular weight is 666 g/mol. The zero-order valence-corrected chi connectivity index (χ0v) is 33.2. The van der Waals surface area contributed by atoms with Crippen molar-refractivity contribution in [3.63, 3.8) is 0 Å². The van der Waals surface area contributed by atoms with Crippen molar-refractivity contribution in [2.45, 2.75) is 251 Å². The van der Waals surface area contributed by atoms with Crippen molar-refractivity contribution in [1.29, 1.82) is 0 Å². The zero-order valence-electron chi connectivity index (χ0n) is 33.2. The first-order chi connectivity index (χ1) is 23.9. The molecule has 0 radical (unpaired) electrons. The highest BCUT2D eigenvalue weighted by molar-refractivity contribution is 5.47. The Labute approximate surface area is 303 Å². The van der Waals surface area contributed by atoms with Crippen LogP contribution in [0.5, 0.6) is 0 Å². The van der Waals surface area contributed by atoms with Gasteiger partial charge in [-0.25, -0.2) is 0 Å². The van der Waals surface area contributed by atoms with Crippen LogP contribution in [-0.2, 0) is 0 Å². The minimum absolute atomic E-state index is 0.768. The Bertz CT molecular complexity index is 758. The minimum Gasteiger partial charge on any atom is -0.368 e. The number of para-hydroxylation sites is 1. The third-order valence-electron chi connectivity index (χ3n) is 11.8. The van der Waals surface area contributed by atoms with E-state index >= 15 is 0 Å². The van der Waals surface area contributed by atoms with E-state index in [2.05, 4.69) is 49.1 Å². The highest BCUT2D eigenvalue weighted by Gasteiger charge is 2.30. The van der Waals surface area contributed by atoms with E-state index in [0.29, 0.717) is 0 Å². The van der Waals surface area contributed by atoms with Gasteiger partial charge in [0.15, 0.2) is 0 Å². The summed E-state index contributed by atoms with van der Waals surface area (Å²) in [6.45, 7) is 5.90. The smallest absolute Gasteiger partial charge is 0.0368 e. The molecule has 0 saturated carbocycles. The number of unbranched alkanes of at least 4 members (excludes halogenated alkanes) is 30. The summed E-state index contributed by atoms with van der Waals surface area (Å²) < 4.78 is 0. The molecule has 280 valence electrons. The van der Waals surface area contributed by atoms with Gasteiger partial charge in [-0.2, -0.15) is 0 Å². The predicted octanol–water partition coefficient (Wildman–Crippen LogP) is 16.6. The number of hydrogen-bond acceptors (Lipinski definition) is 1. The number of benzene rings is 1. The first-order valence-corrected chi connectivity index (χ1v) is 22.7. The molecule has 0 amide bonds. The monoisotopic (exact) mass is 666 g/mol. The molecule has 1 aliphatic rings. The second-order valence-electron chi connectivity index (χ2n) is 16.2. The SMILES string of the molecule is CCCCCCCCCCCCCCCCCCC1CCCN(c2ccccc2)C1CCCCCCCCCCCCCCCCCC. The molecule has 0 aromatic heterocycles. The molecule has 1 aromatic rings. The molecule has 48 heavy (non-hydrogen) atoms. The molecule has 1 fully saturated rings. The Morgan fingerprint density at radius 1 is 0.417 bits per heavy atom. The maximum absolute atomic E-state index is 2.83. The maximum atomic E-state index is 2.83. The van der Waals surface area contributed by atoms with Crippen molar-refractivity contribution >= 4 is 5.69 Å². The maximum Gasteiger partial charge on any atom is 0.0368 e. The molecule has 0 aliphatic carbocycles. The summed E-state index contributed by atoms with van der Waals surface area (Å²) in [7, 11) is 0. The van der Waals surface area contributed by atoms with E-state index in [9.17, 15) is 0 Å². The largest absolute Gasteiger partial charge is 0.368 e. The summed E-state index contributed by atoms with van der Waals surface area (Å²) in [6, 6.07) is 12.2. The van der Waals surface area contributed by atoms with E-state index in [1.807, 2.05) is 0 Å². The van der Waals surface area contributed by atoms with Crippen LogP contribution in [0.2, 0.25) is 0 Å². The van der Waals surface area contributed by atoms with E-state index in [4.69, 9.17) is 0 Å². The van der Waals surface area contributed by atoms with Crippen LogP contribution in [0, 0.1) is 5.92 Å². The number of piperidine rings is 1. The Morgan fingerprint density at radius 2 is 0.750 bits per heavy atom. The van der Waals surface area contributed by atoms with Crippen molar-refractivity contribution in [2.24, 2.45) is 5.92 Å². The standard InChI is InChI=1S/C47H87N/c1-3-5-7-9-11-13-15-17-19-21-23-25-27-29-31-34-39-45-40-38-44-48(46-41-35-33-36-42-46)47(45)43-37-32-30-28-26-24-22-20-18-16-14-12-10-8-6-4-2/h33,35-36,41-42,45,47H,3-32,34,37-40,43-44H2,1-2H3. The van der Waals surface area contributed by atoms with Gasteiger partial charge < -0.3 is 4.90 Å². The number of rotatable bonds is 35. The average Bonchev–Trinajstić information content (AvgIpc) is 3.12. The van der Waals surface area contributed by atoms with Gasteiger partial charge in [0, 0.05) is 18.3 Å². The third kappa shape index (κ3) is 23.4. The molecular weight excluding hydrogens is 579 g/mol. The highest BCUT2D eigenvalue weighted by Crippen LogP contribution is 2.35. The van der Waals surface area contributed by atoms with Crippen LogP contribution in [0.3, 0.4) is 0 Å². The summed E-state index contributed by atoms with van der Waals surface area (Å²) >= 11 is 0. The lowest BCUT2D eigenvalue weighted by Gasteiger charge is -2.43. The van der Waals surface area contributed by atoms with E-state index in [1.54, 1.807) is 0 Å². The second kappa shape index (κ2) is 33.2. The molecule has 2 unspecified atom stereocenters. The lowest BCUT2D eigenvalue weighted by molar-refractivity contribution is 0.277. The summed E-state index contributed by atoms with van der Waals surface area (Å²) in [5.41, 5.74) is 1.48. The Morgan fingerprint density at radius 3 is 1.12 bits per heavy atom. The van der Waals surface area contributed by atoms with Gasteiger partial charge in [0.25, 0.3) is 0 Å². The fourth-order valence-corrected chi connectivity index (χ4v) is 8.66. The number of hydrogen-bond donors (Lipinski definition) is 0. The molecule has 0 N–H and O–H groups in total. The van der Waals surface area contributed by atoms with Gasteiger partial charge in [-0.05, 0) is 43.7 Å². The molecule has 0 spiro atoms. The fourth-order valence-electron chi connectivity index (χ4n) is 8.66. The Balaban J connectivity index is 1.52. The van der Waals surface area contributed by atoms with Gasteiger partial charge >= 0.3 is 0 Å². The molecule has 0 bridgehead atoms. The van der Waals surface area contributed by atoms with E-state index in [1.165, 1.54) is 243 Å². The lowest BCUT2D eigenvalue weighted by atomic mass is 9.82. The summed E-state index contributed by atoms with van der Waals surface area (Å²) in [6.07, 6.45) is 52.5. The normalized spacial score (nSPS) is 16.6. The van der Waals surface area contributed by atoms with Crippen LogP contribution in [0.25, 0.3) is 0 Å². The molecule has 1 saturated heterocycles. The lowest BCUT2D eigenvalue weighted by Crippen LogP contribution is -2.45. The Hall–Kier alpha value is -0.980. The molecule has 1 aromatic carbocycles. The van der Waals surface area contributed by atoms with Crippen molar-refractivity contribution in [2.75, 3.05) is 11.4 Å². The highest BCUT2D eigenvalue weighted by atomic mass is 15.2. The van der Waals surface area contributed by atoms with Crippen LogP contribution in [0.4, 0.5) is 5.69 Å². The first kappa shape index (κ1) is 43.2. The third-order valence-corrected chi connectivity index (χ3v) is 11.8. The van der Waals surface area contributed by atoms with Gasteiger partial charge in [0.2, 0.25) is 0 Å². The van der Waals surface area contributed by atoms with E-state index in [-0.39, 0.29) is 0 Å². The van der Waals surface area contributed by atoms with Gasteiger partial charge in [-0.15, -0.1) is 0 Å². The molecule has 1 heterocycles. The topological polar surface area (TPSA) is 3.24 Å². The van der Waals surface area contributed by atoms with Crippen LogP contribution < -0.4 is 4.90 Å². The van der Waals surface area contributed by atoms with Gasteiger partial charge in [0.1, 0.15) is 0 Å². The van der Waals surface area contributed by atoms with Crippen LogP contribution >= 0.6 is 0 Å². The molecule has 2 rings (SSSR count).